The smallest absolute Gasteiger partial charge is 0.0465 e. The van der Waals surface area contributed by atoms with E-state index in [-0.39, 0.29) is 0 Å². The first-order valence-corrected chi connectivity index (χ1v) is 5.45. The summed E-state index contributed by atoms with van der Waals surface area (Å²) < 4.78 is 5.11. The molecule has 2 heteroatoms. The fourth-order valence-electron chi connectivity index (χ4n) is 2.27. The lowest BCUT2D eigenvalue weighted by atomic mass is 9.75. The van der Waals surface area contributed by atoms with Gasteiger partial charge in [-0.15, -0.1) is 0 Å². The molecule has 0 aromatic carbocycles. The molecular formula is C11H23NO. The van der Waals surface area contributed by atoms with Crippen molar-refractivity contribution in [2.24, 2.45) is 11.8 Å². The molecule has 1 saturated carbocycles. The molecule has 1 aliphatic rings. The van der Waals surface area contributed by atoms with Crippen LogP contribution in [0.3, 0.4) is 0 Å². The van der Waals surface area contributed by atoms with Gasteiger partial charge in [0.2, 0.25) is 0 Å². The Morgan fingerprint density at radius 3 is 2.54 bits per heavy atom. The van der Waals surface area contributed by atoms with Crippen molar-refractivity contribution in [3.63, 3.8) is 0 Å². The van der Waals surface area contributed by atoms with Gasteiger partial charge in [0.25, 0.3) is 0 Å². The average Bonchev–Trinajstić information content (AvgIpc) is 2.06. The summed E-state index contributed by atoms with van der Waals surface area (Å²) in [6.45, 7) is 3.23. The summed E-state index contributed by atoms with van der Waals surface area (Å²) in [4.78, 5) is 0. The Labute approximate surface area is 82.0 Å². The fourth-order valence-corrected chi connectivity index (χ4v) is 2.27. The van der Waals surface area contributed by atoms with Crippen molar-refractivity contribution in [2.75, 3.05) is 20.8 Å². The molecule has 13 heavy (non-hydrogen) atoms. The quantitative estimate of drug-likeness (QED) is 0.684. The van der Waals surface area contributed by atoms with Crippen molar-refractivity contribution in [3.8, 4) is 0 Å². The van der Waals surface area contributed by atoms with Crippen LogP contribution in [-0.2, 0) is 4.74 Å². The lowest BCUT2D eigenvalue weighted by Crippen LogP contribution is -2.42. The Morgan fingerprint density at radius 1 is 1.46 bits per heavy atom. The highest BCUT2D eigenvalue weighted by Gasteiger charge is 2.29. The van der Waals surface area contributed by atoms with Crippen LogP contribution in [0.25, 0.3) is 0 Å². The highest BCUT2D eigenvalue weighted by Crippen LogP contribution is 2.33. The maximum atomic E-state index is 5.11. The molecule has 1 N–H and O–H groups in total. The average molecular weight is 185 g/mol. The third kappa shape index (κ3) is 2.96. The molecule has 0 radical (unpaired) electrons. The number of nitrogens with one attached hydrogen (secondary N) is 1. The van der Waals surface area contributed by atoms with Crippen LogP contribution < -0.4 is 5.32 Å². The van der Waals surface area contributed by atoms with Gasteiger partial charge in [-0.2, -0.15) is 0 Å². The van der Waals surface area contributed by atoms with Gasteiger partial charge < -0.3 is 10.1 Å². The van der Waals surface area contributed by atoms with E-state index in [1.807, 2.05) is 0 Å². The van der Waals surface area contributed by atoms with E-state index in [0.717, 1.165) is 18.4 Å². The second-order valence-corrected chi connectivity index (χ2v) is 4.26. The molecule has 0 aliphatic heterocycles. The molecule has 0 saturated heterocycles. The van der Waals surface area contributed by atoms with E-state index < -0.39 is 0 Å². The van der Waals surface area contributed by atoms with Crippen LogP contribution in [-0.4, -0.2) is 26.8 Å². The Hall–Kier alpha value is -0.0800. The number of ether oxygens (including phenoxy) is 1. The van der Waals surface area contributed by atoms with Gasteiger partial charge in [-0.05, 0) is 38.1 Å². The fraction of sp³-hybridized carbons (Fsp3) is 1.00. The molecule has 2 unspecified atom stereocenters. The normalized spacial score (nSPS) is 22.4. The maximum absolute atomic E-state index is 5.11. The zero-order valence-corrected chi connectivity index (χ0v) is 9.18. The zero-order chi connectivity index (χ0) is 9.68. The van der Waals surface area contributed by atoms with Crippen molar-refractivity contribution in [2.45, 2.75) is 38.6 Å². The van der Waals surface area contributed by atoms with Crippen LogP contribution in [0.1, 0.15) is 32.6 Å². The number of hydrogen-bond donors (Lipinski definition) is 1. The van der Waals surface area contributed by atoms with Crippen LogP contribution >= 0.6 is 0 Å². The summed E-state index contributed by atoms with van der Waals surface area (Å²) in [7, 11) is 3.87. The zero-order valence-electron chi connectivity index (χ0n) is 9.18. The summed E-state index contributed by atoms with van der Waals surface area (Å²) in [6.07, 6.45) is 5.45. The van der Waals surface area contributed by atoms with Gasteiger partial charge in [0.05, 0.1) is 0 Å². The molecule has 2 atom stereocenters. The van der Waals surface area contributed by atoms with Gasteiger partial charge in [0.1, 0.15) is 0 Å². The number of methoxy groups -OCH3 is 1. The lowest BCUT2D eigenvalue weighted by molar-refractivity contribution is 0.138. The highest BCUT2D eigenvalue weighted by molar-refractivity contribution is 4.85. The van der Waals surface area contributed by atoms with Crippen LogP contribution in [0.4, 0.5) is 0 Å². The molecule has 2 nitrogen and oxygen atoms in total. The van der Waals surface area contributed by atoms with Gasteiger partial charge in [-0.1, -0.05) is 13.3 Å². The Morgan fingerprint density at radius 2 is 2.15 bits per heavy atom. The highest BCUT2D eigenvalue weighted by atomic mass is 16.5. The minimum atomic E-state index is 0.712. The van der Waals surface area contributed by atoms with Gasteiger partial charge in [0.15, 0.2) is 0 Å². The molecule has 0 heterocycles. The first-order valence-electron chi connectivity index (χ1n) is 5.45. The second-order valence-electron chi connectivity index (χ2n) is 4.26. The Kier molecular flexibility index (Phi) is 4.74. The van der Waals surface area contributed by atoms with E-state index in [1.165, 1.54) is 25.7 Å². The molecule has 0 aromatic heterocycles. The molecule has 1 rings (SSSR count). The minimum absolute atomic E-state index is 0.712. The predicted molar refractivity (Wildman–Crippen MR) is 55.8 cm³/mol. The van der Waals surface area contributed by atoms with Crippen molar-refractivity contribution < 1.29 is 4.74 Å². The number of rotatable bonds is 6. The van der Waals surface area contributed by atoms with Crippen LogP contribution in [0.15, 0.2) is 0 Å². The lowest BCUT2D eigenvalue weighted by Gasteiger charge is -2.37. The molecule has 0 bridgehead atoms. The van der Waals surface area contributed by atoms with Crippen LogP contribution in [0.2, 0.25) is 0 Å². The summed E-state index contributed by atoms with van der Waals surface area (Å²) >= 11 is 0. The van der Waals surface area contributed by atoms with E-state index in [0.29, 0.717) is 6.04 Å². The molecule has 1 fully saturated rings. The van der Waals surface area contributed by atoms with E-state index in [9.17, 15) is 0 Å². The standard InChI is InChI=1S/C11H23NO/c1-9(7-8-13-3)11(12-2)10-5-4-6-10/h9-12H,4-8H2,1-3H3. The third-order valence-corrected chi connectivity index (χ3v) is 3.38. The molecule has 0 amide bonds. The van der Waals surface area contributed by atoms with E-state index in [1.54, 1.807) is 7.11 Å². The molecule has 0 aromatic rings. The van der Waals surface area contributed by atoms with Crippen molar-refractivity contribution in [1.29, 1.82) is 0 Å². The first-order chi connectivity index (χ1) is 6.29. The predicted octanol–water partition coefficient (Wildman–Crippen LogP) is 2.05. The van der Waals surface area contributed by atoms with Crippen molar-refractivity contribution in [3.05, 3.63) is 0 Å². The summed E-state index contributed by atoms with van der Waals surface area (Å²) in [6, 6.07) is 0.712. The van der Waals surface area contributed by atoms with Crippen molar-refractivity contribution in [1.82, 2.24) is 5.32 Å². The van der Waals surface area contributed by atoms with E-state index in [4.69, 9.17) is 4.74 Å². The van der Waals surface area contributed by atoms with E-state index >= 15 is 0 Å². The van der Waals surface area contributed by atoms with Crippen molar-refractivity contribution >= 4 is 0 Å². The van der Waals surface area contributed by atoms with Gasteiger partial charge in [-0.25, -0.2) is 0 Å². The SMILES string of the molecule is CNC(C(C)CCOC)C1CCC1. The number of hydrogen-bond acceptors (Lipinski definition) is 2. The monoisotopic (exact) mass is 185 g/mol. The van der Waals surface area contributed by atoms with E-state index in [2.05, 4.69) is 19.3 Å². The van der Waals surface area contributed by atoms with Crippen LogP contribution in [0, 0.1) is 11.8 Å². The summed E-state index contributed by atoms with van der Waals surface area (Å²) in [5.41, 5.74) is 0. The molecule has 78 valence electrons. The first kappa shape index (κ1) is 11.0. The summed E-state index contributed by atoms with van der Waals surface area (Å²) in [5.74, 6) is 1.67. The Bertz CT molecular complexity index is 134. The van der Waals surface area contributed by atoms with Crippen LogP contribution in [0.5, 0.6) is 0 Å². The minimum Gasteiger partial charge on any atom is -0.385 e. The largest absolute Gasteiger partial charge is 0.385 e. The van der Waals surface area contributed by atoms with Gasteiger partial charge in [-0.3, -0.25) is 0 Å². The topological polar surface area (TPSA) is 21.3 Å². The van der Waals surface area contributed by atoms with Gasteiger partial charge >= 0.3 is 0 Å². The molecule has 1 aliphatic carbocycles. The third-order valence-electron chi connectivity index (χ3n) is 3.38. The second kappa shape index (κ2) is 5.61. The molecule has 0 spiro atoms. The van der Waals surface area contributed by atoms with Gasteiger partial charge in [0, 0.05) is 19.8 Å². The molecular weight excluding hydrogens is 162 g/mol. The Balaban J connectivity index is 2.26. The maximum Gasteiger partial charge on any atom is 0.0465 e. The summed E-state index contributed by atoms with van der Waals surface area (Å²) in [5, 5.41) is 3.46.